The third kappa shape index (κ3) is 5.38. The molecule has 23 heavy (non-hydrogen) atoms. The molecule has 8 nitrogen and oxygen atoms in total. The van der Waals surface area contributed by atoms with Gasteiger partial charge in [0.15, 0.2) is 0 Å². The Kier molecular flexibility index (Phi) is 7.28. The quantitative estimate of drug-likeness (QED) is 0.175. The Labute approximate surface area is 136 Å². The average Bonchev–Trinajstić information content (AvgIpc) is 2.80. The highest BCUT2D eigenvalue weighted by Crippen LogP contribution is 2.43. The van der Waals surface area contributed by atoms with E-state index in [1.165, 1.54) is 13.3 Å². The third-order valence-electron chi connectivity index (χ3n) is 4.66. The zero-order valence-electron chi connectivity index (χ0n) is 13.8. The summed E-state index contributed by atoms with van der Waals surface area (Å²) in [4.78, 5) is 22.6. The molecule has 0 radical (unpaired) electrons. The van der Waals surface area contributed by atoms with E-state index in [4.69, 9.17) is 5.84 Å². The lowest BCUT2D eigenvalue weighted by molar-refractivity contribution is -0.155. The number of carboxylic acid groups (broad SMARTS) is 1. The maximum atomic E-state index is 11.8. The van der Waals surface area contributed by atoms with Gasteiger partial charge in [-0.3, -0.25) is 9.59 Å². The first-order chi connectivity index (χ1) is 10.8. The highest BCUT2D eigenvalue weighted by molar-refractivity contribution is 5.76. The van der Waals surface area contributed by atoms with Crippen LogP contribution in [0.4, 0.5) is 0 Å². The predicted molar refractivity (Wildman–Crippen MR) is 86.6 cm³/mol. The molecule has 4 atom stereocenters. The van der Waals surface area contributed by atoms with Crippen molar-refractivity contribution in [2.45, 2.75) is 58.1 Å². The number of amides is 1. The first kappa shape index (κ1) is 19.2. The van der Waals surface area contributed by atoms with E-state index in [1.807, 2.05) is 6.92 Å². The number of nitrogens with one attached hydrogen (secondary N) is 2. The maximum Gasteiger partial charge on any atom is 0.312 e. The van der Waals surface area contributed by atoms with Crippen molar-refractivity contribution in [3.63, 3.8) is 0 Å². The minimum atomic E-state index is -1.14. The Hall–Kier alpha value is -1.83. The van der Waals surface area contributed by atoms with Crippen LogP contribution in [0.15, 0.2) is 5.10 Å². The highest BCUT2D eigenvalue weighted by Gasteiger charge is 2.52. The van der Waals surface area contributed by atoms with E-state index < -0.39 is 17.5 Å². The smallest absolute Gasteiger partial charge is 0.312 e. The lowest BCUT2D eigenvalue weighted by Crippen LogP contribution is -2.39. The molecule has 0 bridgehead atoms. The van der Waals surface area contributed by atoms with E-state index in [0.717, 1.165) is 6.42 Å². The summed E-state index contributed by atoms with van der Waals surface area (Å²) >= 11 is 0. The number of aliphatic hydroxyl groups excluding tert-OH is 1. The van der Waals surface area contributed by atoms with Crippen LogP contribution in [0.1, 0.15) is 46.0 Å². The second-order valence-electron chi connectivity index (χ2n) is 6.47. The molecule has 0 heterocycles. The molecule has 6 N–H and O–H groups in total. The number of rotatable bonds is 9. The largest absolute Gasteiger partial charge is 0.481 e. The molecule has 0 aromatic heterocycles. The average molecular weight is 328 g/mol. The van der Waals surface area contributed by atoms with Crippen LogP contribution >= 0.6 is 0 Å². The molecule has 0 aromatic carbocycles. The predicted octanol–water partition coefficient (Wildman–Crippen LogP) is 0.0148. The zero-order valence-corrected chi connectivity index (χ0v) is 13.8. The number of hydrogen-bond acceptors (Lipinski definition) is 5. The fraction of sp³-hybridized carbons (Fsp3) is 0.800. The molecule has 0 aliphatic heterocycles. The van der Waals surface area contributed by atoms with E-state index >= 15 is 0 Å². The first-order valence-corrected chi connectivity index (χ1v) is 7.95. The Balaban J connectivity index is 2.57. The van der Waals surface area contributed by atoms with Gasteiger partial charge in [-0.15, -0.1) is 0 Å². The van der Waals surface area contributed by atoms with Crippen molar-refractivity contribution in [1.82, 2.24) is 10.6 Å². The molecule has 0 aromatic rings. The van der Waals surface area contributed by atoms with Gasteiger partial charge in [-0.1, -0.05) is 6.92 Å². The standard InChI is InChI=1S/C15H28N4O4/c1-10(4-6-17-11(2)20)3-5-15(14(22)23)8-12(7-13(15)21)18-9-19-16/h9-10,12-13,21H,3-8,16H2,1-2H3,(H,17,20)(H,18,19)(H,22,23). The van der Waals surface area contributed by atoms with Gasteiger partial charge in [0.1, 0.15) is 6.34 Å². The van der Waals surface area contributed by atoms with Crippen molar-refractivity contribution < 1.29 is 19.8 Å². The molecular weight excluding hydrogens is 300 g/mol. The molecule has 1 rings (SSSR count). The van der Waals surface area contributed by atoms with Crippen LogP contribution in [0.3, 0.4) is 0 Å². The Morgan fingerprint density at radius 2 is 2.17 bits per heavy atom. The van der Waals surface area contributed by atoms with Gasteiger partial charge in [0, 0.05) is 19.5 Å². The number of carbonyl (C=O) groups is 2. The summed E-state index contributed by atoms with van der Waals surface area (Å²) in [7, 11) is 0. The van der Waals surface area contributed by atoms with Gasteiger partial charge in [-0.05, 0) is 38.0 Å². The van der Waals surface area contributed by atoms with Crippen molar-refractivity contribution in [3.05, 3.63) is 0 Å². The lowest BCUT2D eigenvalue weighted by atomic mass is 9.77. The zero-order chi connectivity index (χ0) is 17.5. The Bertz CT molecular complexity index is 443. The minimum absolute atomic E-state index is 0.0686. The van der Waals surface area contributed by atoms with Crippen LogP contribution in [-0.4, -0.2) is 47.1 Å². The number of hydrogen-bond donors (Lipinski definition) is 5. The number of aliphatic carboxylic acids is 1. The van der Waals surface area contributed by atoms with Crippen molar-refractivity contribution >= 4 is 18.2 Å². The third-order valence-corrected chi connectivity index (χ3v) is 4.66. The van der Waals surface area contributed by atoms with Crippen LogP contribution in [0.2, 0.25) is 0 Å². The molecule has 1 aliphatic rings. The summed E-state index contributed by atoms with van der Waals surface area (Å²) in [6, 6.07) is -0.150. The number of nitrogens with zero attached hydrogens (tertiary/aromatic N) is 1. The van der Waals surface area contributed by atoms with Crippen molar-refractivity contribution in [2.24, 2.45) is 22.3 Å². The second-order valence-corrected chi connectivity index (χ2v) is 6.47. The lowest BCUT2D eigenvalue weighted by Gasteiger charge is -2.29. The summed E-state index contributed by atoms with van der Waals surface area (Å²) in [5, 5.41) is 28.9. The summed E-state index contributed by atoms with van der Waals surface area (Å²) in [5.74, 6) is 4.27. The van der Waals surface area contributed by atoms with E-state index in [2.05, 4.69) is 15.7 Å². The highest BCUT2D eigenvalue weighted by atomic mass is 16.4. The van der Waals surface area contributed by atoms with E-state index in [9.17, 15) is 19.8 Å². The first-order valence-electron chi connectivity index (χ1n) is 7.95. The van der Waals surface area contributed by atoms with Crippen molar-refractivity contribution in [3.8, 4) is 0 Å². The fourth-order valence-electron chi connectivity index (χ4n) is 3.18. The van der Waals surface area contributed by atoms with E-state index in [-0.39, 0.29) is 17.9 Å². The summed E-state index contributed by atoms with van der Waals surface area (Å²) in [6.07, 6.45) is 3.00. The SMILES string of the molecule is CC(=O)NCCC(C)CCC1(C(=O)O)CC(NC=NN)CC1O. The van der Waals surface area contributed by atoms with Crippen LogP contribution < -0.4 is 16.5 Å². The molecule has 132 valence electrons. The number of aliphatic hydroxyl groups is 1. The molecular formula is C15H28N4O4. The van der Waals surface area contributed by atoms with Crippen LogP contribution in [-0.2, 0) is 9.59 Å². The summed E-state index contributed by atoms with van der Waals surface area (Å²) in [5.41, 5.74) is -1.14. The van der Waals surface area contributed by atoms with Gasteiger partial charge < -0.3 is 26.7 Å². The van der Waals surface area contributed by atoms with Gasteiger partial charge >= 0.3 is 5.97 Å². The Morgan fingerprint density at radius 3 is 2.74 bits per heavy atom. The van der Waals surface area contributed by atoms with Gasteiger partial charge in [0.2, 0.25) is 5.91 Å². The van der Waals surface area contributed by atoms with Gasteiger partial charge in [-0.25, -0.2) is 0 Å². The molecule has 4 unspecified atom stereocenters. The number of carboxylic acids is 1. The van der Waals surface area contributed by atoms with Crippen molar-refractivity contribution in [1.29, 1.82) is 0 Å². The maximum absolute atomic E-state index is 11.8. The van der Waals surface area contributed by atoms with Crippen LogP contribution in [0.5, 0.6) is 0 Å². The van der Waals surface area contributed by atoms with Gasteiger partial charge in [0.25, 0.3) is 0 Å². The van der Waals surface area contributed by atoms with Gasteiger partial charge in [-0.2, -0.15) is 5.10 Å². The molecule has 0 saturated heterocycles. The molecule has 8 heteroatoms. The van der Waals surface area contributed by atoms with Gasteiger partial charge in [0.05, 0.1) is 11.5 Å². The fourth-order valence-corrected chi connectivity index (χ4v) is 3.18. The topological polar surface area (TPSA) is 137 Å². The second kappa shape index (κ2) is 8.71. The molecule has 1 amide bonds. The Morgan fingerprint density at radius 1 is 1.48 bits per heavy atom. The monoisotopic (exact) mass is 328 g/mol. The summed E-state index contributed by atoms with van der Waals surface area (Å²) < 4.78 is 0. The number of carbonyl (C=O) groups excluding carboxylic acids is 1. The molecule has 1 saturated carbocycles. The molecule has 1 fully saturated rings. The van der Waals surface area contributed by atoms with E-state index in [0.29, 0.717) is 32.2 Å². The summed E-state index contributed by atoms with van der Waals surface area (Å²) in [6.45, 7) is 4.07. The molecule has 0 spiro atoms. The van der Waals surface area contributed by atoms with E-state index in [1.54, 1.807) is 0 Å². The van der Waals surface area contributed by atoms with Crippen molar-refractivity contribution in [2.75, 3.05) is 6.54 Å². The molecule has 1 aliphatic carbocycles. The number of hydrazone groups is 1. The minimum Gasteiger partial charge on any atom is -0.481 e. The van der Waals surface area contributed by atoms with Crippen LogP contribution in [0, 0.1) is 11.3 Å². The van der Waals surface area contributed by atoms with Crippen LogP contribution in [0.25, 0.3) is 0 Å². The normalized spacial score (nSPS) is 28.7. The number of nitrogens with two attached hydrogens (primary N) is 1.